The van der Waals surface area contributed by atoms with E-state index in [1.165, 1.54) is 49.4 Å². The Bertz CT molecular complexity index is 1170. The minimum Gasteiger partial charge on any atom is -0.370 e. The normalized spacial score (nSPS) is 24.2. The number of rotatable bonds is 4. The predicted molar refractivity (Wildman–Crippen MR) is 112 cm³/mol. The maximum absolute atomic E-state index is 6.16. The van der Waals surface area contributed by atoms with Crippen LogP contribution < -0.4 is 0 Å². The van der Waals surface area contributed by atoms with Crippen molar-refractivity contribution in [1.82, 2.24) is 0 Å². The zero-order valence-electron chi connectivity index (χ0n) is 14.7. The van der Waals surface area contributed by atoms with Crippen LogP contribution in [0.25, 0.3) is 27.6 Å². The lowest BCUT2D eigenvalue weighted by Crippen LogP contribution is -2.35. The molecule has 3 aliphatic rings. The van der Waals surface area contributed by atoms with E-state index in [1.807, 2.05) is 0 Å². The molecule has 0 saturated carbocycles. The lowest BCUT2D eigenvalue weighted by Gasteiger charge is -2.42. The fourth-order valence-electron chi connectivity index (χ4n) is 5.60. The van der Waals surface area contributed by atoms with Crippen LogP contribution in [0.3, 0.4) is 0 Å². The smallest absolute Gasteiger partial charge is 0.102 e. The van der Waals surface area contributed by atoms with Gasteiger partial charge in [0.25, 0.3) is 0 Å². The molecule has 0 radical (unpaired) electrons. The highest BCUT2D eigenvalue weighted by atomic mass is 79.9. The highest BCUT2D eigenvalue weighted by Gasteiger charge is 2.50. The van der Waals surface area contributed by atoms with Crippen molar-refractivity contribution in [1.29, 1.82) is 0 Å². The molecule has 1 nitrogen and oxygen atoms in total. The van der Waals surface area contributed by atoms with Crippen molar-refractivity contribution < 1.29 is 4.74 Å². The van der Waals surface area contributed by atoms with Gasteiger partial charge in [0, 0.05) is 17.4 Å². The van der Waals surface area contributed by atoms with Crippen LogP contribution in [0.2, 0.25) is 0 Å². The number of ether oxygens (including phenoxy) is 1. The van der Waals surface area contributed by atoms with Gasteiger partial charge in [-0.15, -0.1) is 0 Å². The summed E-state index contributed by atoms with van der Waals surface area (Å²) < 4.78 is 6.16. The predicted octanol–water partition coefficient (Wildman–Crippen LogP) is 6.42. The second kappa shape index (κ2) is 5.09. The van der Waals surface area contributed by atoms with Gasteiger partial charge in [0.1, 0.15) is 6.10 Å². The van der Waals surface area contributed by atoms with Gasteiger partial charge in [-0.1, -0.05) is 64.5 Å². The van der Waals surface area contributed by atoms with Crippen molar-refractivity contribution in [3.8, 4) is 0 Å². The first-order valence-electron chi connectivity index (χ1n) is 9.41. The Balaban J connectivity index is 1.88. The van der Waals surface area contributed by atoms with Gasteiger partial charge >= 0.3 is 0 Å². The van der Waals surface area contributed by atoms with Crippen molar-refractivity contribution in [2.24, 2.45) is 0 Å². The van der Waals surface area contributed by atoms with Crippen LogP contribution in [0.15, 0.2) is 54.1 Å². The SMILES string of the molecule is CCOC1C=C2C=Cc3ccc4ccc5ccc1c1c5c4c3C21CCBr. The Hall–Kier alpha value is -1.90. The van der Waals surface area contributed by atoms with E-state index in [0.29, 0.717) is 0 Å². The molecule has 3 aliphatic carbocycles. The van der Waals surface area contributed by atoms with Crippen molar-refractivity contribution in [3.05, 3.63) is 76.4 Å². The second-order valence-corrected chi connectivity index (χ2v) is 8.29. The average Bonchev–Trinajstić information content (AvgIpc) is 2.98. The number of hydrogen-bond acceptors (Lipinski definition) is 1. The number of alkyl halides is 1. The topological polar surface area (TPSA) is 9.23 Å². The molecule has 0 heterocycles. The maximum atomic E-state index is 6.16. The molecule has 0 spiro atoms. The van der Waals surface area contributed by atoms with Gasteiger partial charge in [-0.25, -0.2) is 0 Å². The Morgan fingerprint density at radius 3 is 2.46 bits per heavy atom. The molecule has 0 amide bonds. The summed E-state index contributed by atoms with van der Waals surface area (Å²) in [5.41, 5.74) is 7.13. The summed E-state index contributed by atoms with van der Waals surface area (Å²) in [7, 11) is 0. The number of hydrogen-bond donors (Lipinski definition) is 0. The molecule has 0 aromatic heterocycles. The van der Waals surface area contributed by atoms with E-state index in [9.17, 15) is 0 Å². The van der Waals surface area contributed by atoms with Crippen molar-refractivity contribution in [2.45, 2.75) is 24.9 Å². The van der Waals surface area contributed by atoms with E-state index >= 15 is 0 Å². The Morgan fingerprint density at radius 1 is 0.962 bits per heavy atom. The minimum atomic E-state index is -0.0285. The van der Waals surface area contributed by atoms with E-state index in [-0.39, 0.29) is 11.5 Å². The van der Waals surface area contributed by atoms with E-state index in [4.69, 9.17) is 4.74 Å². The third-order valence-electron chi connectivity index (χ3n) is 6.47. The number of allylic oxidation sites excluding steroid dienone is 2. The molecular weight excluding hydrogens is 384 g/mol. The Labute approximate surface area is 161 Å². The highest BCUT2D eigenvalue weighted by molar-refractivity contribution is 9.09. The lowest BCUT2D eigenvalue weighted by atomic mass is 9.62. The highest BCUT2D eigenvalue weighted by Crippen LogP contribution is 2.61. The summed E-state index contributed by atoms with van der Waals surface area (Å²) in [5.74, 6) is 0. The maximum Gasteiger partial charge on any atom is 0.102 e. The van der Waals surface area contributed by atoms with Crippen molar-refractivity contribution in [3.63, 3.8) is 0 Å². The zero-order valence-corrected chi connectivity index (χ0v) is 16.3. The summed E-state index contributed by atoms with van der Waals surface area (Å²) in [6, 6.07) is 13.7. The summed E-state index contributed by atoms with van der Waals surface area (Å²) in [4.78, 5) is 0. The van der Waals surface area contributed by atoms with E-state index in [0.717, 1.165) is 18.4 Å². The largest absolute Gasteiger partial charge is 0.370 e. The molecule has 2 atom stereocenters. The van der Waals surface area contributed by atoms with Crippen molar-refractivity contribution >= 4 is 43.6 Å². The van der Waals surface area contributed by atoms with Crippen LogP contribution in [-0.2, 0) is 10.2 Å². The van der Waals surface area contributed by atoms with Gasteiger partial charge in [0.2, 0.25) is 0 Å². The molecule has 26 heavy (non-hydrogen) atoms. The van der Waals surface area contributed by atoms with Crippen LogP contribution in [0, 0.1) is 0 Å². The molecule has 3 aromatic carbocycles. The molecule has 3 aromatic rings. The molecule has 0 aliphatic heterocycles. The van der Waals surface area contributed by atoms with Gasteiger partial charge in [0.05, 0.1) is 0 Å². The van der Waals surface area contributed by atoms with Crippen LogP contribution in [0.5, 0.6) is 0 Å². The van der Waals surface area contributed by atoms with Gasteiger partial charge in [0.15, 0.2) is 0 Å². The van der Waals surface area contributed by atoms with Crippen molar-refractivity contribution in [2.75, 3.05) is 11.9 Å². The van der Waals surface area contributed by atoms with Crippen LogP contribution in [-0.4, -0.2) is 11.9 Å². The molecule has 0 N–H and O–H groups in total. The first kappa shape index (κ1) is 15.2. The monoisotopic (exact) mass is 402 g/mol. The molecule has 0 bridgehead atoms. The summed E-state index contributed by atoms with van der Waals surface area (Å²) in [5, 5.41) is 6.61. The van der Waals surface area contributed by atoms with E-state index in [2.05, 4.69) is 77.5 Å². The Kier molecular flexibility index (Phi) is 2.97. The summed E-state index contributed by atoms with van der Waals surface area (Å²) >= 11 is 3.76. The van der Waals surface area contributed by atoms with Gasteiger partial charge in [-0.3, -0.25) is 0 Å². The van der Waals surface area contributed by atoms with E-state index < -0.39 is 0 Å². The third kappa shape index (κ3) is 1.57. The van der Waals surface area contributed by atoms with Gasteiger partial charge in [-0.2, -0.15) is 0 Å². The Morgan fingerprint density at radius 2 is 1.69 bits per heavy atom. The van der Waals surface area contributed by atoms with Crippen LogP contribution in [0.4, 0.5) is 0 Å². The summed E-state index contributed by atoms with van der Waals surface area (Å²) in [6.45, 7) is 2.81. The van der Waals surface area contributed by atoms with Crippen LogP contribution in [0.1, 0.15) is 41.7 Å². The van der Waals surface area contributed by atoms with Crippen LogP contribution >= 0.6 is 15.9 Å². The average molecular weight is 403 g/mol. The molecule has 0 saturated heterocycles. The third-order valence-corrected chi connectivity index (χ3v) is 6.87. The quantitative estimate of drug-likeness (QED) is 0.361. The zero-order chi connectivity index (χ0) is 17.5. The minimum absolute atomic E-state index is 0.0285. The molecule has 2 unspecified atom stereocenters. The molecule has 6 rings (SSSR count). The fourth-order valence-corrected chi connectivity index (χ4v) is 6.20. The molecular formula is C24H19BrO. The first-order valence-corrected chi connectivity index (χ1v) is 10.5. The fraction of sp³-hybridized carbons (Fsp3) is 0.250. The number of halogens is 1. The standard InChI is InChI=1S/C24H19BrO/c1-2-26-19-13-17-9-7-16-6-5-14-3-4-15-8-10-18(19)23-21(15)20(14)22(16)24(17,23)11-12-25/h3-10,13,19H,2,11-12H2,1H3. The molecule has 2 heteroatoms. The first-order chi connectivity index (χ1) is 12.8. The molecule has 128 valence electrons. The molecule has 0 fully saturated rings. The van der Waals surface area contributed by atoms with Gasteiger partial charge < -0.3 is 4.74 Å². The second-order valence-electron chi connectivity index (χ2n) is 7.50. The lowest BCUT2D eigenvalue weighted by molar-refractivity contribution is 0.0928. The van der Waals surface area contributed by atoms with E-state index in [1.54, 1.807) is 0 Å². The summed E-state index contributed by atoms with van der Waals surface area (Å²) in [6.07, 6.45) is 8.12. The number of benzene rings is 3. The van der Waals surface area contributed by atoms with Gasteiger partial charge in [-0.05, 0) is 68.8 Å².